The molecule has 0 aliphatic heterocycles. The van der Waals surface area contributed by atoms with Gasteiger partial charge in [-0.25, -0.2) is 0 Å². The van der Waals surface area contributed by atoms with E-state index in [-0.39, 0.29) is 5.78 Å². The van der Waals surface area contributed by atoms with Crippen LogP contribution < -0.4 is 0 Å². The lowest BCUT2D eigenvalue weighted by Crippen LogP contribution is -2.02. The summed E-state index contributed by atoms with van der Waals surface area (Å²) in [5, 5.41) is 1.48. The van der Waals surface area contributed by atoms with Crippen molar-refractivity contribution in [3.8, 4) is 0 Å². The Kier molecular flexibility index (Phi) is 3.56. The molecule has 0 fully saturated rings. The number of aryl methyl sites for hydroxylation is 1. The van der Waals surface area contributed by atoms with E-state index in [1.54, 1.807) is 18.2 Å². The molecule has 0 bridgehead atoms. The molecule has 2 aromatic carbocycles. The van der Waals surface area contributed by atoms with E-state index < -0.39 is 0 Å². The van der Waals surface area contributed by atoms with Gasteiger partial charge in [0.05, 0.1) is 0 Å². The molecule has 0 spiro atoms. The number of carbonyl (C=O) groups is 1. The molecular weight excluding hydrogens is 387 g/mol. The molecule has 0 unspecified atom stereocenters. The van der Waals surface area contributed by atoms with Crippen LogP contribution >= 0.6 is 34.2 Å². The van der Waals surface area contributed by atoms with Crippen molar-refractivity contribution in [1.29, 1.82) is 0 Å². The summed E-state index contributed by atoms with van der Waals surface area (Å²) < 4.78 is 6.49. The highest BCUT2D eigenvalue weighted by atomic mass is 127. The lowest BCUT2D eigenvalue weighted by molar-refractivity contribution is 0.101. The van der Waals surface area contributed by atoms with Gasteiger partial charge < -0.3 is 4.42 Å². The maximum Gasteiger partial charge on any atom is 0.229 e. The number of furan rings is 1. The molecule has 0 aliphatic carbocycles. The van der Waals surface area contributed by atoms with E-state index in [4.69, 9.17) is 16.0 Å². The predicted octanol–water partition coefficient (Wildman–Crippen LogP) is 5.23. The van der Waals surface area contributed by atoms with Crippen molar-refractivity contribution in [2.24, 2.45) is 0 Å². The minimum absolute atomic E-state index is 0.147. The zero-order valence-corrected chi connectivity index (χ0v) is 13.5. The minimum atomic E-state index is -0.147. The molecule has 1 aromatic heterocycles. The molecule has 3 rings (SSSR count). The van der Waals surface area contributed by atoms with E-state index in [9.17, 15) is 4.79 Å². The lowest BCUT2D eigenvalue weighted by atomic mass is 10.1. The van der Waals surface area contributed by atoms with Gasteiger partial charge in [-0.3, -0.25) is 4.79 Å². The standard InChI is InChI=1S/C16H10ClIO2/c1-9-2-5-14-10(6-9)7-15(20-14)16(19)12-8-11(17)3-4-13(12)18/h2-8H,1H3. The van der Waals surface area contributed by atoms with Gasteiger partial charge in [0.15, 0.2) is 5.76 Å². The molecule has 0 radical (unpaired) electrons. The molecular formula is C16H10ClIO2. The number of fused-ring (bicyclic) bond motifs is 1. The molecule has 20 heavy (non-hydrogen) atoms. The minimum Gasteiger partial charge on any atom is -0.453 e. The fraction of sp³-hybridized carbons (Fsp3) is 0.0625. The van der Waals surface area contributed by atoms with Gasteiger partial charge in [0.25, 0.3) is 0 Å². The summed E-state index contributed by atoms with van der Waals surface area (Å²) in [4.78, 5) is 12.5. The molecule has 4 heteroatoms. The van der Waals surface area contributed by atoms with E-state index in [2.05, 4.69) is 22.6 Å². The smallest absolute Gasteiger partial charge is 0.229 e. The van der Waals surface area contributed by atoms with Gasteiger partial charge in [-0.05, 0) is 65.9 Å². The first kappa shape index (κ1) is 13.6. The van der Waals surface area contributed by atoms with Crippen molar-refractivity contribution in [2.75, 3.05) is 0 Å². The molecule has 3 aromatic rings. The number of ketones is 1. The second-order valence-electron chi connectivity index (χ2n) is 4.61. The first-order valence-corrected chi connectivity index (χ1v) is 7.50. The Balaban J connectivity index is 2.10. The van der Waals surface area contributed by atoms with Crippen LogP contribution in [0.15, 0.2) is 46.9 Å². The number of hydrogen-bond acceptors (Lipinski definition) is 2. The van der Waals surface area contributed by atoms with Crippen LogP contribution in [0, 0.1) is 10.5 Å². The van der Waals surface area contributed by atoms with Crippen LogP contribution in [0.2, 0.25) is 5.02 Å². The van der Waals surface area contributed by atoms with Crippen LogP contribution in [0.1, 0.15) is 21.7 Å². The Hall–Kier alpha value is -1.33. The van der Waals surface area contributed by atoms with Crippen LogP contribution in [-0.4, -0.2) is 5.78 Å². The van der Waals surface area contributed by atoms with Crippen molar-refractivity contribution in [1.82, 2.24) is 0 Å². The van der Waals surface area contributed by atoms with Crippen molar-refractivity contribution in [2.45, 2.75) is 6.92 Å². The Bertz CT molecular complexity index is 820. The first-order valence-electron chi connectivity index (χ1n) is 6.04. The third-order valence-corrected chi connectivity index (χ3v) is 4.24. The van der Waals surface area contributed by atoms with Gasteiger partial charge >= 0.3 is 0 Å². The Morgan fingerprint density at radius 2 is 1.95 bits per heavy atom. The zero-order chi connectivity index (χ0) is 14.3. The largest absolute Gasteiger partial charge is 0.453 e. The molecule has 1 heterocycles. The van der Waals surface area contributed by atoms with E-state index >= 15 is 0 Å². The van der Waals surface area contributed by atoms with Gasteiger partial charge in [0.2, 0.25) is 5.78 Å². The van der Waals surface area contributed by atoms with E-state index in [1.165, 1.54) is 0 Å². The fourth-order valence-corrected chi connectivity index (χ4v) is 2.83. The van der Waals surface area contributed by atoms with Gasteiger partial charge in [-0.2, -0.15) is 0 Å². The average Bonchev–Trinajstić information content (AvgIpc) is 2.83. The first-order chi connectivity index (χ1) is 9.54. The van der Waals surface area contributed by atoms with Gasteiger partial charge in [-0.1, -0.05) is 23.2 Å². The van der Waals surface area contributed by atoms with Gasteiger partial charge in [0.1, 0.15) is 5.58 Å². The van der Waals surface area contributed by atoms with Crippen molar-refractivity contribution >= 4 is 50.9 Å². The molecule has 0 saturated carbocycles. The molecule has 2 nitrogen and oxygen atoms in total. The number of rotatable bonds is 2. The zero-order valence-electron chi connectivity index (χ0n) is 10.6. The van der Waals surface area contributed by atoms with Crippen molar-refractivity contribution < 1.29 is 9.21 Å². The monoisotopic (exact) mass is 396 g/mol. The van der Waals surface area contributed by atoms with Crippen LogP contribution in [0.4, 0.5) is 0 Å². The maximum atomic E-state index is 12.5. The second-order valence-corrected chi connectivity index (χ2v) is 6.20. The number of halogens is 2. The molecule has 0 amide bonds. The van der Waals surface area contributed by atoms with E-state index in [1.807, 2.05) is 31.2 Å². The average molecular weight is 397 g/mol. The van der Waals surface area contributed by atoms with Gasteiger partial charge in [-0.15, -0.1) is 0 Å². The Morgan fingerprint density at radius 3 is 2.75 bits per heavy atom. The summed E-state index contributed by atoms with van der Waals surface area (Å²) in [6, 6.07) is 12.9. The molecule has 100 valence electrons. The predicted molar refractivity (Wildman–Crippen MR) is 88.6 cm³/mol. The summed E-state index contributed by atoms with van der Waals surface area (Å²) in [7, 11) is 0. The summed E-state index contributed by atoms with van der Waals surface area (Å²) in [6.07, 6.45) is 0. The van der Waals surface area contributed by atoms with E-state index in [0.29, 0.717) is 16.3 Å². The third kappa shape index (κ3) is 2.47. The fourth-order valence-electron chi connectivity index (χ4n) is 2.08. The summed E-state index contributed by atoms with van der Waals surface area (Å²) in [5.74, 6) is 0.191. The van der Waals surface area contributed by atoms with Crippen molar-refractivity contribution in [3.05, 3.63) is 67.9 Å². The number of hydrogen-bond donors (Lipinski definition) is 0. The Morgan fingerprint density at radius 1 is 1.15 bits per heavy atom. The highest BCUT2D eigenvalue weighted by molar-refractivity contribution is 14.1. The van der Waals surface area contributed by atoms with Crippen LogP contribution in [0.5, 0.6) is 0 Å². The third-order valence-electron chi connectivity index (χ3n) is 3.07. The second kappa shape index (κ2) is 5.22. The number of benzene rings is 2. The lowest BCUT2D eigenvalue weighted by Gasteiger charge is -2.01. The summed E-state index contributed by atoms with van der Waals surface area (Å²) in [6.45, 7) is 2.01. The molecule has 0 atom stereocenters. The molecule has 0 N–H and O–H groups in total. The van der Waals surface area contributed by atoms with Gasteiger partial charge in [0, 0.05) is 19.5 Å². The maximum absolute atomic E-state index is 12.5. The Labute approximate surface area is 134 Å². The summed E-state index contributed by atoms with van der Waals surface area (Å²) in [5.41, 5.74) is 2.42. The highest BCUT2D eigenvalue weighted by Crippen LogP contribution is 2.25. The SMILES string of the molecule is Cc1ccc2oc(C(=O)c3cc(Cl)ccc3I)cc2c1. The molecule has 0 saturated heterocycles. The number of carbonyl (C=O) groups excluding carboxylic acids is 1. The normalized spacial score (nSPS) is 10.9. The van der Waals surface area contributed by atoms with Crippen LogP contribution in [0.3, 0.4) is 0 Å². The van der Waals surface area contributed by atoms with Crippen LogP contribution in [-0.2, 0) is 0 Å². The van der Waals surface area contributed by atoms with Crippen LogP contribution in [0.25, 0.3) is 11.0 Å². The highest BCUT2D eigenvalue weighted by Gasteiger charge is 2.17. The molecule has 0 aliphatic rings. The summed E-state index contributed by atoms with van der Waals surface area (Å²) >= 11 is 8.08. The topological polar surface area (TPSA) is 30.2 Å². The van der Waals surface area contributed by atoms with E-state index in [0.717, 1.165) is 20.1 Å². The van der Waals surface area contributed by atoms with Crippen molar-refractivity contribution in [3.63, 3.8) is 0 Å². The quantitative estimate of drug-likeness (QED) is 0.438.